The molecule has 1 aliphatic heterocycles. The van der Waals surface area contributed by atoms with Crippen LogP contribution < -0.4 is 10.2 Å². The number of nitrogens with one attached hydrogen (secondary N) is 1. The van der Waals surface area contributed by atoms with E-state index in [-0.39, 0.29) is 34.5 Å². The van der Waals surface area contributed by atoms with Crippen LogP contribution in [-0.2, 0) is 13.1 Å². The summed E-state index contributed by atoms with van der Waals surface area (Å²) in [6.07, 6.45) is 0. The Hall–Kier alpha value is -3.79. The molecule has 36 heavy (non-hydrogen) atoms. The highest BCUT2D eigenvalue weighted by atomic mass is 35.5. The molecule has 1 atom stereocenters. The van der Waals surface area contributed by atoms with Gasteiger partial charge in [-0.3, -0.25) is 9.69 Å². The van der Waals surface area contributed by atoms with Crippen LogP contribution in [0.1, 0.15) is 40.0 Å². The average Bonchev–Trinajstić information content (AvgIpc) is 2.83. The van der Waals surface area contributed by atoms with Crippen LogP contribution in [0, 0.1) is 23.3 Å². The van der Waals surface area contributed by atoms with Crippen molar-refractivity contribution in [3.63, 3.8) is 0 Å². The summed E-state index contributed by atoms with van der Waals surface area (Å²) in [4.78, 5) is 28.5. The Morgan fingerprint density at radius 2 is 1.69 bits per heavy atom. The van der Waals surface area contributed by atoms with Gasteiger partial charge in [-0.2, -0.15) is 0 Å². The van der Waals surface area contributed by atoms with Gasteiger partial charge in [-0.1, -0.05) is 17.7 Å². The largest absolute Gasteiger partial charge is 0.506 e. The van der Waals surface area contributed by atoms with E-state index in [0.717, 1.165) is 12.1 Å². The lowest BCUT2D eigenvalue weighted by molar-refractivity contribution is 0.0950. The zero-order valence-electron chi connectivity index (χ0n) is 19.1. The molecule has 0 fully saturated rings. The molecule has 3 amide bonds. The highest BCUT2D eigenvalue weighted by molar-refractivity contribution is 6.32. The summed E-state index contributed by atoms with van der Waals surface area (Å²) < 4.78 is 55.5. The zero-order chi connectivity index (χ0) is 26.3. The van der Waals surface area contributed by atoms with Crippen LogP contribution >= 0.6 is 11.6 Å². The third kappa shape index (κ3) is 4.56. The van der Waals surface area contributed by atoms with Gasteiger partial charge >= 0.3 is 6.03 Å². The number of phenols is 1. The zero-order valence-corrected chi connectivity index (χ0v) is 19.8. The molecule has 11 heteroatoms. The summed E-state index contributed by atoms with van der Waals surface area (Å²) in [7, 11) is 1.57. The highest BCUT2D eigenvalue weighted by Gasteiger charge is 2.34. The molecule has 2 N–H and O–H groups in total. The summed E-state index contributed by atoms with van der Waals surface area (Å²) in [5.74, 6) is -5.16. The van der Waals surface area contributed by atoms with Crippen molar-refractivity contribution in [2.24, 2.45) is 0 Å². The van der Waals surface area contributed by atoms with Gasteiger partial charge in [0.15, 0.2) is 0 Å². The maximum absolute atomic E-state index is 14.5. The second-order valence-corrected chi connectivity index (χ2v) is 8.70. The van der Waals surface area contributed by atoms with Gasteiger partial charge in [0.05, 0.1) is 23.3 Å². The predicted molar refractivity (Wildman–Crippen MR) is 125 cm³/mol. The molecule has 0 aliphatic carbocycles. The van der Waals surface area contributed by atoms with E-state index in [1.807, 2.05) is 0 Å². The molecule has 0 radical (unpaired) electrons. The van der Waals surface area contributed by atoms with E-state index in [1.165, 1.54) is 21.9 Å². The van der Waals surface area contributed by atoms with E-state index in [0.29, 0.717) is 23.4 Å². The van der Waals surface area contributed by atoms with Gasteiger partial charge in [-0.05, 0) is 36.8 Å². The Morgan fingerprint density at radius 1 is 1.03 bits per heavy atom. The Morgan fingerprint density at radius 3 is 2.36 bits per heavy atom. The van der Waals surface area contributed by atoms with Gasteiger partial charge in [0.2, 0.25) is 0 Å². The van der Waals surface area contributed by atoms with Crippen LogP contribution in [0.2, 0.25) is 5.02 Å². The van der Waals surface area contributed by atoms with E-state index in [9.17, 15) is 32.3 Å². The Labute approximate surface area is 208 Å². The third-order valence-electron chi connectivity index (χ3n) is 6.16. The fraction of sp³-hybridized carbons (Fsp3) is 0.200. The number of fused-ring (bicyclic) bond motifs is 1. The minimum atomic E-state index is -1.14. The van der Waals surface area contributed by atoms with E-state index in [1.54, 1.807) is 20.0 Å². The molecule has 0 spiro atoms. The molecule has 0 saturated heterocycles. The number of hydrogen-bond acceptors (Lipinski definition) is 3. The maximum Gasteiger partial charge on any atom is 0.325 e. The molecule has 3 aromatic carbocycles. The van der Waals surface area contributed by atoms with Gasteiger partial charge in [0, 0.05) is 42.4 Å². The monoisotopic (exact) mass is 521 g/mol. The normalized spacial score (nSPS) is 15.2. The van der Waals surface area contributed by atoms with Crippen LogP contribution in [0.5, 0.6) is 5.75 Å². The molecular formula is C25H20ClF4N3O3. The van der Waals surface area contributed by atoms with Crippen molar-refractivity contribution in [2.45, 2.75) is 26.1 Å². The number of hydrogen-bond donors (Lipinski definition) is 2. The van der Waals surface area contributed by atoms with Crippen molar-refractivity contribution in [2.75, 3.05) is 11.9 Å². The standard InChI is InChI=1S/C25H20ClF4N3O3/c1-12-15-4-3-13(24(35)31-10-16-19(29)8-14(27)9-20(16)30)7-21(15)33(25(36)32(12)2)11-17-18(28)5-6-22(34)23(17)26/h3-9,12,34H,10-11H2,1-2H3,(H,31,35)/t12-/m0/s1. The first-order valence-corrected chi connectivity index (χ1v) is 11.1. The second-order valence-electron chi connectivity index (χ2n) is 8.32. The molecule has 188 valence electrons. The summed E-state index contributed by atoms with van der Waals surface area (Å²) in [5, 5.41) is 12.0. The van der Waals surface area contributed by atoms with E-state index in [4.69, 9.17) is 11.6 Å². The smallest absolute Gasteiger partial charge is 0.325 e. The van der Waals surface area contributed by atoms with Crippen LogP contribution in [0.4, 0.5) is 28.0 Å². The van der Waals surface area contributed by atoms with Gasteiger partial charge in [-0.25, -0.2) is 22.4 Å². The Kier molecular flexibility index (Phi) is 6.81. The molecule has 0 unspecified atom stereocenters. The predicted octanol–water partition coefficient (Wildman–Crippen LogP) is 5.67. The summed E-state index contributed by atoms with van der Waals surface area (Å²) >= 11 is 6.08. The number of phenolic OH excluding ortho intramolecular Hbond substituents is 1. The quantitative estimate of drug-likeness (QED) is 0.425. The number of aromatic hydroxyl groups is 1. The molecule has 1 heterocycles. The molecule has 0 aromatic heterocycles. The molecular weight excluding hydrogens is 502 g/mol. The van der Waals surface area contributed by atoms with Crippen molar-refractivity contribution >= 4 is 29.2 Å². The first kappa shape index (κ1) is 25.3. The van der Waals surface area contributed by atoms with E-state index in [2.05, 4.69) is 5.32 Å². The van der Waals surface area contributed by atoms with E-state index < -0.39 is 47.3 Å². The van der Waals surface area contributed by atoms with Crippen molar-refractivity contribution < 1.29 is 32.3 Å². The van der Waals surface area contributed by atoms with Gasteiger partial charge < -0.3 is 15.3 Å². The number of carbonyl (C=O) groups excluding carboxylic acids is 2. The number of rotatable bonds is 5. The second kappa shape index (κ2) is 9.69. The fourth-order valence-corrected chi connectivity index (χ4v) is 4.21. The Balaban J connectivity index is 1.67. The van der Waals surface area contributed by atoms with Crippen molar-refractivity contribution in [3.05, 3.63) is 93.0 Å². The minimum absolute atomic E-state index is 0.0636. The molecule has 0 bridgehead atoms. The van der Waals surface area contributed by atoms with Crippen molar-refractivity contribution in [3.8, 4) is 5.75 Å². The number of halogens is 5. The fourth-order valence-electron chi connectivity index (χ4n) is 3.99. The van der Waals surface area contributed by atoms with Crippen LogP contribution in [-0.4, -0.2) is 29.0 Å². The lowest BCUT2D eigenvalue weighted by Crippen LogP contribution is -2.46. The first-order chi connectivity index (χ1) is 17.0. The van der Waals surface area contributed by atoms with Crippen LogP contribution in [0.25, 0.3) is 0 Å². The SMILES string of the molecule is C[C@H]1c2ccc(C(=O)NCc3c(F)cc(F)cc3F)cc2N(Cc2c(F)ccc(O)c2Cl)C(=O)N1C. The van der Waals surface area contributed by atoms with Crippen LogP contribution in [0.15, 0.2) is 42.5 Å². The molecule has 1 aliphatic rings. The van der Waals surface area contributed by atoms with E-state index >= 15 is 0 Å². The number of nitrogens with zero attached hydrogens (tertiary/aromatic N) is 2. The molecule has 0 saturated carbocycles. The van der Waals surface area contributed by atoms with Gasteiger partial charge in [0.1, 0.15) is 29.0 Å². The third-order valence-corrected chi connectivity index (χ3v) is 6.58. The minimum Gasteiger partial charge on any atom is -0.506 e. The molecule has 6 nitrogen and oxygen atoms in total. The van der Waals surface area contributed by atoms with Gasteiger partial charge in [0.25, 0.3) is 5.91 Å². The van der Waals surface area contributed by atoms with Crippen LogP contribution in [0.3, 0.4) is 0 Å². The topological polar surface area (TPSA) is 72.9 Å². The molecule has 3 aromatic rings. The van der Waals surface area contributed by atoms with Gasteiger partial charge in [-0.15, -0.1) is 0 Å². The number of amides is 3. The summed E-state index contributed by atoms with van der Waals surface area (Å²) in [6, 6.07) is 6.75. The lowest BCUT2D eigenvalue weighted by Gasteiger charge is -2.39. The molecule has 4 rings (SSSR count). The number of benzene rings is 3. The lowest BCUT2D eigenvalue weighted by atomic mass is 9.98. The number of urea groups is 1. The summed E-state index contributed by atoms with van der Waals surface area (Å²) in [5.41, 5.74) is 0.394. The summed E-state index contributed by atoms with van der Waals surface area (Å²) in [6.45, 7) is 0.897. The van der Waals surface area contributed by atoms with Crippen molar-refractivity contribution in [1.29, 1.82) is 0 Å². The number of carbonyl (C=O) groups is 2. The maximum atomic E-state index is 14.5. The first-order valence-electron chi connectivity index (χ1n) is 10.7. The average molecular weight is 522 g/mol. The number of anilines is 1. The Bertz CT molecular complexity index is 1360. The highest BCUT2D eigenvalue weighted by Crippen LogP contribution is 2.39. The van der Waals surface area contributed by atoms with Crippen molar-refractivity contribution in [1.82, 2.24) is 10.2 Å².